The third-order valence-electron chi connectivity index (χ3n) is 3.21. The van der Waals surface area contributed by atoms with E-state index in [0.717, 1.165) is 12.2 Å². The van der Waals surface area contributed by atoms with Crippen LogP contribution in [0.4, 0.5) is 9.80 Å². The fourth-order valence-electron chi connectivity index (χ4n) is 2.04. The molecule has 1 heterocycles. The molecular weight excluding hydrogens is 372 g/mol. The Kier molecular flexibility index (Phi) is 8.17. The van der Waals surface area contributed by atoms with Crippen LogP contribution in [0.5, 0.6) is 0 Å². The van der Waals surface area contributed by atoms with Crippen molar-refractivity contribution in [2.45, 2.75) is 24.7 Å². The van der Waals surface area contributed by atoms with E-state index in [9.17, 15) is 14.4 Å². The zero-order valence-electron chi connectivity index (χ0n) is 14.3. The Morgan fingerprint density at radius 1 is 1.15 bits per heavy atom. The lowest BCUT2D eigenvalue weighted by Gasteiger charge is -2.07. The van der Waals surface area contributed by atoms with E-state index in [1.165, 1.54) is 16.2 Å². The van der Waals surface area contributed by atoms with Gasteiger partial charge in [-0.25, -0.2) is 4.79 Å². The Balaban J connectivity index is 1.77. The van der Waals surface area contributed by atoms with Gasteiger partial charge in [0.15, 0.2) is 0 Å². The Morgan fingerprint density at radius 2 is 1.92 bits per heavy atom. The van der Waals surface area contributed by atoms with Gasteiger partial charge >= 0.3 is 6.09 Å². The van der Waals surface area contributed by atoms with E-state index in [4.69, 9.17) is 0 Å². The van der Waals surface area contributed by atoms with Crippen molar-refractivity contribution in [3.05, 3.63) is 47.3 Å². The van der Waals surface area contributed by atoms with Crippen LogP contribution in [0.2, 0.25) is 0 Å². The predicted octanol–water partition coefficient (Wildman–Crippen LogP) is 4.15. The Bertz CT molecular complexity index is 747. The second-order valence-electron chi connectivity index (χ2n) is 5.15. The molecule has 2 aromatic rings. The van der Waals surface area contributed by atoms with Crippen LogP contribution in [-0.2, 0) is 9.53 Å². The van der Waals surface area contributed by atoms with Gasteiger partial charge in [-0.15, -0.1) is 23.1 Å². The van der Waals surface area contributed by atoms with E-state index in [2.05, 4.69) is 15.4 Å². The number of hydrogen-bond donors (Lipinski definition) is 2. The number of hydrogen-bond acceptors (Lipinski definition) is 6. The number of thioether (sulfide) groups is 1. The summed E-state index contributed by atoms with van der Waals surface area (Å²) >= 11 is 2.93. The molecule has 138 valence electrons. The lowest BCUT2D eigenvalue weighted by Crippen LogP contribution is -2.31. The van der Waals surface area contributed by atoms with Gasteiger partial charge in [-0.1, -0.05) is 18.2 Å². The molecule has 0 saturated heterocycles. The second kappa shape index (κ2) is 10.6. The Hall–Kier alpha value is -2.32. The predicted molar refractivity (Wildman–Crippen MR) is 104 cm³/mol. The van der Waals surface area contributed by atoms with E-state index < -0.39 is 12.0 Å². The molecule has 0 aliphatic carbocycles. The van der Waals surface area contributed by atoms with Gasteiger partial charge in [0.25, 0.3) is 5.91 Å². The number of carbonyl (C=O) groups excluding carboxylic acids is 3. The average Bonchev–Trinajstić information content (AvgIpc) is 3.08. The molecule has 6 nitrogen and oxygen atoms in total. The minimum atomic E-state index is -0.807. The number of ether oxygens (including phenoxy) is 1. The molecular formula is C18H20N2O4S2. The molecule has 1 aromatic heterocycles. The van der Waals surface area contributed by atoms with Crippen molar-refractivity contribution < 1.29 is 19.1 Å². The van der Waals surface area contributed by atoms with Crippen molar-refractivity contribution in [2.24, 2.45) is 0 Å². The van der Waals surface area contributed by atoms with Crippen molar-refractivity contribution in [1.82, 2.24) is 5.32 Å². The molecule has 0 fully saturated rings. The van der Waals surface area contributed by atoms with Gasteiger partial charge in [0.05, 0.1) is 12.2 Å². The van der Waals surface area contributed by atoms with Gasteiger partial charge in [0, 0.05) is 11.3 Å². The first kappa shape index (κ1) is 20.0. The maximum absolute atomic E-state index is 12.1. The fourth-order valence-corrected chi connectivity index (χ4v) is 3.72. The van der Waals surface area contributed by atoms with Crippen molar-refractivity contribution >= 4 is 46.0 Å². The van der Waals surface area contributed by atoms with E-state index in [1.54, 1.807) is 30.1 Å². The topological polar surface area (TPSA) is 84.5 Å². The minimum absolute atomic E-state index is 0.161. The number of alkyl carbamates (subject to hydrolysis) is 1. The SMILES string of the molecule is CCOC(=O)NC(=O)c1ccsc1NC(=O)CCCSc1ccccc1. The number of carbonyl (C=O) groups is 3. The van der Waals surface area contributed by atoms with Crippen LogP contribution in [0.25, 0.3) is 0 Å². The first-order chi connectivity index (χ1) is 12.6. The van der Waals surface area contributed by atoms with E-state index in [0.29, 0.717) is 11.4 Å². The summed E-state index contributed by atoms with van der Waals surface area (Å²) in [4.78, 5) is 36.6. The van der Waals surface area contributed by atoms with Crippen molar-refractivity contribution in [3.63, 3.8) is 0 Å². The zero-order chi connectivity index (χ0) is 18.8. The summed E-state index contributed by atoms with van der Waals surface area (Å²) < 4.78 is 4.68. The van der Waals surface area contributed by atoms with Gasteiger partial charge in [-0.05, 0) is 42.7 Å². The molecule has 0 saturated carbocycles. The molecule has 8 heteroatoms. The van der Waals surface area contributed by atoms with Crippen molar-refractivity contribution in [3.8, 4) is 0 Å². The summed E-state index contributed by atoms with van der Waals surface area (Å²) in [6.45, 7) is 1.82. The zero-order valence-corrected chi connectivity index (χ0v) is 16.0. The van der Waals surface area contributed by atoms with Crippen LogP contribution in [0.15, 0.2) is 46.7 Å². The highest BCUT2D eigenvalue weighted by molar-refractivity contribution is 7.99. The average molecular weight is 393 g/mol. The monoisotopic (exact) mass is 392 g/mol. The van der Waals surface area contributed by atoms with Gasteiger partial charge in [-0.2, -0.15) is 0 Å². The van der Waals surface area contributed by atoms with Crippen LogP contribution in [0.1, 0.15) is 30.1 Å². The van der Waals surface area contributed by atoms with Crippen molar-refractivity contribution in [2.75, 3.05) is 17.7 Å². The highest BCUT2D eigenvalue weighted by atomic mass is 32.2. The van der Waals surface area contributed by atoms with Gasteiger partial charge < -0.3 is 10.1 Å². The number of nitrogens with one attached hydrogen (secondary N) is 2. The highest BCUT2D eigenvalue weighted by Crippen LogP contribution is 2.24. The molecule has 0 atom stereocenters. The second-order valence-corrected chi connectivity index (χ2v) is 7.24. The highest BCUT2D eigenvalue weighted by Gasteiger charge is 2.17. The number of anilines is 1. The van der Waals surface area contributed by atoms with Gasteiger partial charge in [-0.3, -0.25) is 14.9 Å². The molecule has 0 aliphatic heterocycles. The third kappa shape index (κ3) is 6.53. The molecule has 2 N–H and O–H groups in total. The van der Waals surface area contributed by atoms with Crippen LogP contribution in [0.3, 0.4) is 0 Å². The molecule has 1 aromatic carbocycles. The number of rotatable bonds is 8. The van der Waals surface area contributed by atoms with Crippen LogP contribution >= 0.6 is 23.1 Å². The van der Waals surface area contributed by atoms with E-state index in [-0.39, 0.29) is 18.1 Å². The molecule has 2 rings (SSSR count). The summed E-state index contributed by atoms with van der Waals surface area (Å²) in [5, 5.41) is 6.96. The number of imide groups is 1. The third-order valence-corrected chi connectivity index (χ3v) is 5.14. The van der Waals surface area contributed by atoms with Crippen LogP contribution in [0, 0.1) is 0 Å². The summed E-state index contributed by atoms with van der Waals surface area (Å²) in [7, 11) is 0. The standard InChI is InChI=1S/C18H20N2O4S2/c1-2-24-18(23)20-16(22)14-10-12-26-17(14)19-15(21)9-6-11-25-13-7-4-3-5-8-13/h3-5,7-8,10,12H,2,6,9,11H2,1H3,(H,19,21)(H,20,22,23). The first-order valence-corrected chi connectivity index (χ1v) is 10.00. The summed E-state index contributed by atoms with van der Waals surface area (Å²) in [5.74, 6) is 0.0730. The summed E-state index contributed by atoms with van der Waals surface area (Å²) in [5.41, 5.74) is 0.245. The smallest absolute Gasteiger partial charge is 0.414 e. The normalized spacial score (nSPS) is 10.2. The van der Waals surface area contributed by atoms with Crippen LogP contribution < -0.4 is 10.6 Å². The Labute approximate surface area is 160 Å². The molecule has 0 bridgehead atoms. The summed E-state index contributed by atoms with van der Waals surface area (Å²) in [6, 6.07) is 11.5. The van der Waals surface area contributed by atoms with E-state index in [1.807, 2.05) is 30.3 Å². The van der Waals surface area contributed by atoms with Gasteiger partial charge in [0.1, 0.15) is 5.00 Å². The fraction of sp³-hybridized carbons (Fsp3) is 0.278. The first-order valence-electron chi connectivity index (χ1n) is 8.13. The van der Waals surface area contributed by atoms with Crippen molar-refractivity contribution in [1.29, 1.82) is 0 Å². The summed E-state index contributed by atoms with van der Waals surface area (Å²) in [6.07, 6.45) is 0.275. The Morgan fingerprint density at radius 3 is 2.65 bits per heavy atom. The molecule has 0 aliphatic rings. The molecule has 0 unspecified atom stereocenters. The maximum Gasteiger partial charge on any atom is 0.414 e. The van der Waals surface area contributed by atoms with Crippen LogP contribution in [-0.4, -0.2) is 30.3 Å². The molecule has 0 radical (unpaired) electrons. The lowest BCUT2D eigenvalue weighted by atomic mass is 10.3. The molecule has 3 amide bonds. The quantitative estimate of drug-likeness (QED) is 0.521. The largest absolute Gasteiger partial charge is 0.450 e. The number of thiophene rings is 1. The molecule has 0 spiro atoms. The van der Waals surface area contributed by atoms with Gasteiger partial charge in [0.2, 0.25) is 5.91 Å². The molecule has 26 heavy (non-hydrogen) atoms. The number of benzene rings is 1. The number of amides is 3. The maximum atomic E-state index is 12.1. The van der Waals surface area contributed by atoms with E-state index >= 15 is 0 Å². The lowest BCUT2D eigenvalue weighted by molar-refractivity contribution is -0.116. The minimum Gasteiger partial charge on any atom is -0.450 e.